The Balaban J connectivity index is 2.37. The second kappa shape index (κ2) is 4.82. The van der Waals surface area contributed by atoms with Gasteiger partial charge in [-0.2, -0.15) is 5.26 Å². The molecule has 7 heteroatoms. The van der Waals surface area contributed by atoms with Gasteiger partial charge in [-0.15, -0.1) is 0 Å². The first kappa shape index (κ1) is 13.5. The van der Waals surface area contributed by atoms with Gasteiger partial charge in [0.25, 0.3) is 0 Å². The Hall–Kier alpha value is -2.46. The number of anilines is 1. The van der Waals surface area contributed by atoms with Crippen LogP contribution in [0.5, 0.6) is 0 Å². The van der Waals surface area contributed by atoms with E-state index in [0.717, 1.165) is 6.07 Å². The highest BCUT2D eigenvalue weighted by molar-refractivity contribution is 9.10. The third kappa shape index (κ3) is 2.14. The quantitative estimate of drug-likeness (QED) is 0.684. The van der Waals surface area contributed by atoms with Crippen LogP contribution in [0.15, 0.2) is 34.8 Å². The molecule has 2 aromatic carbocycles. The first-order valence-electron chi connectivity index (χ1n) is 5.84. The molecule has 0 radical (unpaired) electrons. The fourth-order valence-corrected chi connectivity index (χ4v) is 2.43. The molecule has 0 bridgehead atoms. The van der Waals surface area contributed by atoms with E-state index in [4.69, 9.17) is 11.0 Å². The van der Waals surface area contributed by atoms with Crippen LogP contribution in [0.1, 0.15) is 5.56 Å². The van der Waals surface area contributed by atoms with E-state index < -0.39 is 11.6 Å². The number of rotatable bonds is 1. The van der Waals surface area contributed by atoms with E-state index >= 15 is 0 Å². The Kier molecular flexibility index (Phi) is 3.11. The number of nitriles is 1. The number of nitrogens with two attached hydrogens (primary N) is 1. The van der Waals surface area contributed by atoms with Gasteiger partial charge in [-0.1, -0.05) is 0 Å². The third-order valence-corrected chi connectivity index (χ3v) is 3.65. The number of imidazole rings is 1. The van der Waals surface area contributed by atoms with Crippen molar-refractivity contribution in [2.75, 3.05) is 5.73 Å². The Morgan fingerprint density at radius 2 is 1.95 bits per heavy atom. The summed E-state index contributed by atoms with van der Waals surface area (Å²) < 4.78 is 28.9. The van der Waals surface area contributed by atoms with Gasteiger partial charge in [0.2, 0.25) is 5.95 Å². The molecular formula is C14H7BrF2N4. The van der Waals surface area contributed by atoms with Gasteiger partial charge in [-0.25, -0.2) is 13.8 Å². The lowest BCUT2D eigenvalue weighted by atomic mass is 10.2. The lowest BCUT2D eigenvalue weighted by Gasteiger charge is -2.09. The van der Waals surface area contributed by atoms with E-state index in [0.29, 0.717) is 16.6 Å². The molecule has 0 aliphatic heterocycles. The number of aromatic nitrogens is 2. The molecule has 0 saturated carbocycles. The standard InChI is InChI=1S/C14H7BrF2N4/c15-8-4-12(10(17)5-9(8)16)21-13-3-7(6-18)1-2-11(13)20-14(21)19/h1-5H,(H2,19,20). The molecule has 2 N–H and O–H groups in total. The first-order chi connectivity index (χ1) is 10.0. The van der Waals surface area contributed by atoms with Crippen molar-refractivity contribution in [1.82, 2.24) is 9.55 Å². The second-order valence-corrected chi connectivity index (χ2v) is 5.19. The van der Waals surface area contributed by atoms with Gasteiger partial charge in [0.1, 0.15) is 11.6 Å². The summed E-state index contributed by atoms with van der Waals surface area (Å²) in [6.45, 7) is 0. The summed E-state index contributed by atoms with van der Waals surface area (Å²) in [5.74, 6) is -1.43. The molecule has 3 rings (SSSR count). The van der Waals surface area contributed by atoms with Crippen molar-refractivity contribution >= 4 is 32.9 Å². The number of nitrogen functional groups attached to an aromatic ring is 1. The summed E-state index contributed by atoms with van der Waals surface area (Å²) in [4.78, 5) is 4.11. The molecule has 0 fully saturated rings. The van der Waals surface area contributed by atoms with Crippen molar-refractivity contribution in [2.24, 2.45) is 0 Å². The van der Waals surface area contributed by atoms with E-state index in [9.17, 15) is 8.78 Å². The normalized spacial score (nSPS) is 10.8. The molecule has 0 aliphatic rings. The number of hydrogen-bond donors (Lipinski definition) is 1. The summed E-state index contributed by atoms with van der Waals surface area (Å²) >= 11 is 3.01. The predicted octanol–water partition coefficient (Wildman–Crippen LogP) is 3.52. The van der Waals surface area contributed by atoms with Crippen LogP contribution in [0.3, 0.4) is 0 Å². The van der Waals surface area contributed by atoms with Gasteiger partial charge < -0.3 is 5.73 Å². The zero-order valence-corrected chi connectivity index (χ0v) is 12.0. The third-order valence-electron chi connectivity index (χ3n) is 3.04. The zero-order valence-electron chi connectivity index (χ0n) is 10.4. The molecule has 0 aliphatic carbocycles. The molecule has 0 saturated heterocycles. The van der Waals surface area contributed by atoms with Gasteiger partial charge in [0, 0.05) is 6.07 Å². The van der Waals surface area contributed by atoms with Crippen LogP contribution in [0, 0.1) is 23.0 Å². The maximum Gasteiger partial charge on any atom is 0.206 e. The highest BCUT2D eigenvalue weighted by Crippen LogP contribution is 2.29. The van der Waals surface area contributed by atoms with Crippen LogP contribution >= 0.6 is 15.9 Å². The van der Waals surface area contributed by atoms with Crippen molar-refractivity contribution in [2.45, 2.75) is 0 Å². The Bertz CT molecular complexity index is 911. The van der Waals surface area contributed by atoms with Crippen molar-refractivity contribution in [1.29, 1.82) is 5.26 Å². The zero-order chi connectivity index (χ0) is 15.1. The monoisotopic (exact) mass is 348 g/mol. The first-order valence-corrected chi connectivity index (χ1v) is 6.63. The number of hydrogen-bond acceptors (Lipinski definition) is 3. The minimum absolute atomic E-state index is 0.0532. The minimum atomic E-state index is -0.774. The molecule has 0 atom stereocenters. The average Bonchev–Trinajstić information content (AvgIpc) is 2.78. The maximum absolute atomic E-state index is 14.1. The molecule has 21 heavy (non-hydrogen) atoms. The molecular weight excluding hydrogens is 342 g/mol. The molecule has 0 amide bonds. The smallest absolute Gasteiger partial charge is 0.206 e. The van der Waals surface area contributed by atoms with Gasteiger partial charge in [-0.05, 0) is 40.2 Å². The highest BCUT2D eigenvalue weighted by Gasteiger charge is 2.16. The van der Waals surface area contributed by atoms with E-state index in [-0.39, 0.29) is 16.1 Å². The van der Waals surface area contributed by atoms with Crippen LogP contribution in [0.4, 0.5) is 14.7 Å². The number of halogens is 3. The van der Waals surface area contributed by atoms with Crippen LogP contribution in [-0.4, -0.2) is 9.55 Å². The van der Waals surface area contributed by atoms with Gasteiger partial charge in [-0.3, -0.25) is 4.57 Å². The second-order valence-electron chi connectivity index (χ2n) is 4.34. The van der Waals surface area contributed by atoms with Gasteiger partial charge >= 0.3 is 0 Å². The summed E-state index contributed by atoms with van der Waals surface area (Å²) in [7, 11) is 0. The van der Waals surface area contributed by atoms with E-state index in [1.54, 1.807) is 18.2 Å². The predicted molar refractivity (Wildman–Crippen MR) is 77.8 cm³/mol. The Morgan fingerprint density at radius 1 is 1.19 bits per heavy atom. The van der Waals surface area contributed by atoms with Crippen LogP contribution < -0.4 is 5.73 Å². The molecule has 4 nitrogen and oxygen atoms in total. The molecule has 3 aromatic rings. The molecule has 0 unspecified atom stereocenters. The summed E-state index contributed by atoms with van der Waals surface area (Å²) in [6.07, 6.45) is 0. The molecule has 1 aromatic heterocycles. The molecule has 0 spiro atoms. The van der Waals surface area contributed by atoms with Crippen LogP contribution in [-0.2, 0) is 0 Å². The van der Waals surface area contributed by atoms with Gasteiger partial charge in [0.15, 0.2) is 0 Å². The van der Waals surface area contributed by atoms with Crippen LogP contribution in [0.25, 0.3) is 16.7 Å². The number of benzene rings is 2. The van der Waals surface area contributed by atoms with Crippen LogP contribution in [0.2, 0.25) is 0 Å². The van der Waals surface area contributed by atoms with E-state index in [1.165, 1.54) is 10.6 Å². The number of nitrogens with zero attached hydrogens (tertiary/aromatic N) is 3. The lowest BCUT2D eigenvalue weighted by molar-refractivity contribution is 0.574. The fraction of sp³-hybridized carbons (Fsp3) is 0. The van der Waals surface area contributed by atoms with E-state index in [1.807, 2.05) is 6.07 Å². The Morgan fingerprint density at radius 3 is 2.67 bits per heavy atom. The van der Waals surface area contributed by atoms with Crippen molar-refractivity contribution in [3.05, 3.63) is 52.0 Å². The average molecular weight is 349 g/mol. The largest absolute Gasteiger partial charge is 0.369 e. The summed E-state index contributed by atoms with van der Waals surface area (Å²) in [6, 6.07) is 8.81. The van der Waals surface area contributed by atoms with Gasteiger partial charge in [0.05, 0.1) is 32.8 Å². The summed E-state index contributed by atoms with van der Waals surface area (Å²) in [5.41, 5.74) is 7.27. The minimum Gasteiger partial charge on any atom is -0.369 e. The lowest BCUT2D eigenvalue weighted by Crippen LogP contribution is -2.04. The summed E-state index contributed by atoms with van der Waals surface area (Å²) in [5, 5.41) is 8.96. The number of fused-ring (bicyclic) bond motifs is 1. The van der Waals surface area contributed by atoms with Crippen molar-refractivity contribution in [3.8, 4) is 11.8 Å². The fourth-order valence-electron chi connectivity index (χ4n) is 2.10. The van der Waals surface area contributed by atoms with Crippen molar-refractivity contribution in [3.63, 3.8) is 0 Å². The van der Waals surface area contributed by atoms with Crippen molar-refractivity contribution < 1.29 is 8.78 Å². The van der Waals surface area contributed by atoms with E-state index in [2.05, 4.69) is 20.9 Å². The molecule has 1 heterocycles. The topological polar surface area (TPSA) is 67.6 Å². The molecule has 104 valence electrons. The Labute approximate surface area is 126 Å². The highest BCUT2D eigenvalue weighted by atomic mass is 79.9. The SMILES string of the molecule is N#Cc1ccc2nc(N)n(-c3cc(Br)c(F)cc3F)c2c1. The maximum atomic E-state index is 14.1.